The maximum absolute atomic E-state index is 13.3. The number of likely N-dealkylation sites (tertiary alicyclic amines) is 1. The predicted octanol–water partition coefficient (Wildman–Crippen LogP) is 2.38. The van der Waals surface area contributed by atoms with Crippen molar-refractivity contribution in [1.82, 2.24) is 29.8 Å². The maximum atomic E-state index is 13.3. The quantitative estimate of drug-likeness (QED) is 0.663. The highest BCUT2D eigenvalue weighted by atomic mass is 19.1. The highest BCUT2D eigenvalue weighted by molar-refractivity contribution is 5.19. The number of piperidine rings is 1. The van der Waals surface area contributed by atoms with Crippen molar-refractivity contribution in [2.24, 2.45) is 13.0 Å². The standard InChI is InChI=1S/C19H23FN6O/c1-25-13-21-23-18(25)11-14-5-7-26(8-6-14)12-19-22-17(24-27-19)10-15-3-2-4-16(20)9-15/h2-4,9,13-14H,5-8,10-12H2,1H3. The number of aryl methyl sites for hydroxylation is 1. The summed E-state index contributed by atoms with van der Waals surface area (Å²) in [6.45, 7) is 2.67. The Morgan fingerprint density at radius 1 is 1.26 bits per heavy atom. The molecule has 7 nitrogen and oxygen atoms in total. The Kier molecular flexibility index (Phi) is 5.24. The first-order valence-electron chi connectivity index (χ1n) is 9.27. The lowest BCUT2D eigenvalue weighted by molar-refractivity contribution is 0.157. The third kappa shape index (κ3) is 4.57. The van der Waals surface area contributed by atoms with E-state index in [-0.39, 0.29) is 5.82 Å². The fourth-order valence-corrected chi connectivity index (χ4v) is 3.55. The van der Waals surface area contributed by atoms with Crippen LogP contribution in [0.15, 0.2) is 35.1 Å². The van der Waals surface area contributed by atoms with Crippen LogP contribution in [-0.4, -0.2) is 42.9 Å². The molecule has 4 rings (SSSR count). The minimum absolute atomic E-state index is 0.250. The molecule has 142 valence electrons. The fourth-order valence-electron chi connectivity index (χ4n) is 3.55. The van der Waals surface area contributed by atoms with Crippen LogP contribution in [0, 0.1) is 11.7 Å². The second-order valence-corrected chi connectivity index (χ2v) is 7.19. The Morgan fingerprint density at radius 3 is 2.85 bits per heavy atom. The topological polar surface area (TPSA) is 72.9 Å². The van der Waals surface area contributed by atoms with E-state index in [0.29, 0.717) is 30.6 Å². The van der Waals surface area contributed by atoms with Crippen molar-refractivity contribution < 1.29 is 8.91 Å². The van der Waals surface area contributed by atoms with Gasteiger partial charge in [-0.15, -0.1) is 10.2 Å². The first-order chi connectivity index (χ1) is 13.2. The third-order valence-electron chi connectivity index (χ3n) is 5.10. The smallest absolute Gasteiger partial charge is 0.240 e. The van der Waals surface area contributed by atoms with Crippen LogP contribution in [0.1, 0.15) is 35.9 Å². The van der Waals surface area contributed by atoms with Gasteiger partial charge in [0, 0.05) is 19.9 Å². The van der Waals surface area contributed by atoms with E-state index < -0.39 is 0 Å². The number of nitrogens with zero attached hydrogens (tertiary/aromatic N) is 6. The molecular weight excluding hydrogens is 347 g/mol. The first kappa shape index (κ1) is 17.8. The zero-order valence-electron chi connectivity index (χ0n) is 15.4. The van der Waals surface area contributed by atoms with Gasteiger partial charge in [0.15, 0.2) is 5.82 Å². The van der Waals surface area contributed by atoms with Gasteiger partial charge in [-0.3, -0.25) is 4.90 Å². The van der Waals surface area contributed by atoms with Gasteiger partial charge < -0.3 is 9.09 Å². The van der Waals surface area contributed by atoms with Crippen LogP contribution >= 0.6 is 0 Å². The highest BCUT2D eigenvalue weighted by Crippen LogP contribution is 2.22. The molecule has 8 heteroatoms. The summed E-state index contributed by atoms with van der Waals surface area (Å²) >= 11 is 0. The predicted molar refractivity (Wildman–Crippen MR) is 96.2 cm³/mol. The Hall–Kier alpha value is -2.61. The molecule has 0 spiro atoms. The van der Waals surface area contributed by atoms with Crippen LogP contribution in [0.3, 0.4) is 0 Å². The van der Waals surface area contributed by atoms with Crippen molar-refractivity contribution in [3.8, 4) is 0 Å². The number of benzene rings is 1. The summed E-state index contributed by atoms with van der Waals surface area (Å²) in [6.07, 6.45) is 5.44. The van der Waals surface area contributed by atoms with Crippen LogP contribution in [-0.2, 0) is 26.4 Å². The van der Waals surface area contributed by atoms with Crippen molar-refractivity contribution >= 4 is 0 Å². The monoisotopic (exact) mass is 370 g/mol. The number of hydrogen-bond acceptors (Lipinski definition) is 6. The molecule has 2 aromatic heterocycles. The summed E-state index contributed by atoms with van der Waals surface area (Å²) in [5.74, 6) is 2.64. The van der Waals surface area contributed by atoms with Crippen molar-refractivity contribution in [3.05, 3.63) is 59.5 Å². The zero-order valence-corrected chi connectivity index (χ0v) is 15.4. The molecule has 0 amide bonds. The summed E-state index contributed by atoms with van der Waals surface area (Å²) in [5, 5.41) is 12.2. The lowest BCUT2D eigenvalue weighted by atomic mass is 9.93. The second-order valence-electron chi connectivity index (χ2n) is 7.19. The molecule has 3 heterocycles. The van der Waals surface area contributed by atoms with E-state index in [0.717, 1.165) is 43.7 Å². The average molecular weight is 370 g/mol. The molecule has 3 aromatic rings. The van der Waals surface area contributed by atoms with Gasteiger partial charge in [-0.05, 0) is 49.5 Å². The van der Waals surface area contributed by atoms with Crippen LogP contribution in [0.5, 0.6) is 0 Å². The van der Waals surface area contributed by atoms with Gasteiger partial charge in [0.25, 0.3) is 0 Å². The molecule has 0 saturated carbocycles. The molecular formula is C19H23FN6O. The summed E-state index contributed by atoms with van der Waals surface area (Å²) < 4.78 is 20.6. The van der Waals surface area contributed by atoms with Gasteiger partial charge in [-0.25, -0.2) is 4.39 Å². The molecule has 1 aliphatic rings. The Bertz CT molecular complexity index is 884. The molecule has 0 aliphatic carbocycles. The first-order valence-corrected chi connectivity index (χ1v) is 9.27. The van der Waals surface area contributed by atoms with E-state index in [1.54, 1.807) is 12.4 Å². The van der Waals surface area contributed by atoms with Gasteiger partial charge in [0.2, 0.25) is 5.89 Å². The van der Waals surface area contributed by atoms with Gasteiger partial charge in [-0.1, -0.05) is 17.3 Å². The van der Waals surface area contributed by atoms with Crippen LogP contribution in [0.2, 0.25) is 0 Å². The Morgan fingerprint density at radius 2 is 2.11 bits per heavy atom. The SMILES string of the molecule is Cn1cnnc1CC1CCN(Cc2nc(Cc3cccc(F)c3)no2)CC1. The fraction of sp³-hybridized carbons (Fsp3) is 0.474. The number of rotatable bonds is 6. The van der Waals surface area contributed by atoms with Crippen molar-refractivity contribution in [3.63, 3.8) is 0 Å². The van der Waals surface area contributed by atoms with E-state index in [1.165, 1.54) is 12.1 Å². The largest absolute Gasteiger partial charge is 0.338 e. The van der Waals surface area contributed by atoms with Gasteiger partial charge in [-0.2, -0.15) is 4.98 Å². The van der Waals surface area contributed by atoms with Gasteiger partial charge in [0.1, 0.15) is 18.0 Å². The highest BCUT2D eigenvalue weighted by Gasteiger charge is 2.22. The molecule has 0 atom stereocenters. The van der Waals surface area contributed by atoms with E-state index in [2.05, 4.69) is 25.2 Å². The minimum atomic E-state index is -0.250. The molecule has 27 heavy (non-hydrogen) atoms. The zero-order chi connectivity index (χ0) is 18.6. The minimum Gasteiger partial charge on any atom is -0.338 e. The molecule has 1 saturated heterocycles. The third-order valence-corrected chi connectivity index (χ3v) is 5.10. The number of aromatic nitrogens is 5. The summed E-state index contributed by atoms with van der Waals surface area (Å²) in [5.41, 5.74) is 0.840. The van der Waals surface area contributed by atoms with Gasteiger partial charge >= 0.3 is 0 Å². The van der Waals surface area contributed by atoms with Crippen LogP contribution < -0.4 is 0 Å². The summed E-state index contributed by atoms with van der Waals surface area (Å²) in [7, 11) is 1.99. The number of halogens is 1. The molecule has 0 N–H and O–H groups in total. The second kappa shape index (κ2) is 7.96. The van der Waals surface area contributed by atoms with Crippen LogP contribution in [0.25, 0.3) is 0 Å². The van der Waals surface area contributed by atoms with Crippen molar-refractivity contribution in [2.75, 3.05) is 13.1 Å². The molecule has 0 radical (unpaired) electrons. The van der Waals surface area contributed by atoms with Crippen molar-refractivity contribution in [1.29, 1.82) is 0 Å². The van der Waals surface area contributed by atoms with Gasteiger partial charge in [0.05, 0.1) is 6.54 Å². The van der Waals surface area contributed by atoms with Crippen LogP contribution in [0.4, 0.5) is 4.39 Å². The van der Waals surface area contributed by atoms with E-state index in [1.807, 2.05) is 17.7 Å². The Labute approximate surface area is 157 Å². The summed E-state index contributed by atoms with van der Waals surface area (Å²) in [6, 6.07) is 6.48. The molecule has 1 aliphatic heterocycles. The van der Waals surface area contributed by atoms with E-state index in [9.17, 15) is 4.39 Å². The lowest BCUT2D eigenvalue weighted by Gasteiger charge is -2.30. The molecule has 0 unspecified atom stereocenters. The van der Waals surface area contributed by atoms with Crippen molar-refractivity contribution in [2.45, 2.75) is 32.2 Å². The molecule has 1 fully saturated rings. The molecule has 0 bridgehead atoms. The lowest BCUT2D eigenvalue weighted by Crippen LogP contribution is -2.34. The maximum Gasteiger partial charge on any atom is 0.240 e. The molecule has 1 aromatic carbocycles. The van der Waals surface area contributed by atoms with E-state index in [4.69, 9.17) is 4.52 Å². The Balaban J connectivity index is 1.27. The number of hydrogen-bond donors (Lipinski definition) is 0. The normalized spacial score (nSPS) is 16.1. The van der Waals surface area contributed by atoms with E-state index >= 15 is 0 Å². The average Bonchev–Trinajstić information content (AvgIpc) is 3.26. The summed E-state index contributed by atoms with van der Waals surface area (Å²) in [4.78, 5) is 6.80.